The lowest BCUT2D eigenvalue weighted by atomic mass is 10.3. The minimum atomic E-state index is -3.46. The van der Waals surface area contributed by atoms with Gasteiger partial charge in [0.2, 0.25) is 0 Å². The predicted octanol–water partition coefficient (Wildman–Crippen LogP) is 1.18. The maximum Gasteiger partial charge on any atom is 0.264 e. The fourth-order valence-electron chi connectivity index (χ4n) is 0.899. The standard InChI is InChI=1S/C9H11FO4S/c1-15(11,12)14-7-6-13-9-5-3-2-4-8(9)10/h2-5H,6-7H2,1H3. The molecule has 0 bridgehead atoms. The van der Waals surface area contributed by atoms with Crippen molar-refractivity contribution in [3.8, 4) is 5.75 Å². The Kier molecular flexibility index (Phi) is 4.05. The summed E-state index contributed by atoms with van der Waals surface area (Å²) in [6.45, 7) is -0.152. The number of halogens is 1. The first-order valence-electron chi connectivity index (χ1n) is 4.21. The zero-order valence-corrected chi connectivity index (χ0v) is 8.96. The maximum absolute atomic E-state index is 13.0. The van der Waals surface area contributed by atoms with Gasteiger partial charge in [0.15, 0.2) is 11.6 Å². The second-order valence-electron chi connectivity index (χ2n) is 2.80. The molecule has 84 valence electrons. The fraction of sp³-hybridized carbons (Fsp3) is 0.333. The van der Waals surface area contributed by atoms with E-state index in [0.29, 0.717) is 0 Å². The molecule has 15 heavy (non-hydrogen) atoms. The van der Waals surface area contributed by atoms with Gasteiger partial charge in [0.05, 0.1) is 6.26 Å². The van der Waals surface area contributed by atoms with Gasteiger partial charge in [0.25, 0.3) is 10.1 Å². The molecule has 0 amide bonds. The number of rotatable bonds is 5. The van der Waals surface area contributed by atoms with Crippen molar-refractivity contribution in [3.63, 3.8) is 0 Å². The fourth-order valence-corrected chi connectivity index (χ4v) is 1.27. The highest BCUT2D eigenvalue weighted by atomic mass is 32.2. The number of benzene rings is 1. The molecule has 0 radical (unpaired) electrons. The summed E-state index contributed by atoms with van der Waals surface area (Å²) < 4.78 is 43.5. The SMILES string of the molecule is CS(=O)(=O)OCCOc1ccccc1F. The molecule has 0 fully saturated rings. The van der Waals surface area contributed by atoms with Gasteiger partial charge in [-0.2, -0.15) is 8.42 Å². The van der Waals surface area contributed by atoms with Gasteiger partial charge in [0.1, 0.15) is 13.2 Å². The monoisotopic (exact) mass is 234 g/mol. The molecule has 1 rings (SSSR count). The van der Waals surface area contributed by atoms with E-state index in [1.807, 2.05) is 0 Å². The van der Waals surface area contributed by atoms with E-state index in [4.69, 9.17) is 4.74 Å². The Balaban J connectivity index is 2.36. The number of ether oxygens (including phenoxy) is 1. The second-order valence-corrected chi connectivity index (χ2v) is 4.45. The van der Waals surface area contributed by atoms with Gasteiger partial charge < -0.3 is 4.74 Å². The van der Waals surface area contributed by atoms with Crippen molar-refractivity contribution in [1.29, 1.82) is 0 Å². The molecule has 0 aromatic heterocycles. The highest BCUT2D eigenvalue weighted by Crippen LogP contribution is 2.14. The van der Waals surface area contributed by atoms with E-state index < -0.39 is 15.9 Å². The molecular formula is C9H11FO4S. The first-order valence-corrected chi connectivity index (χ1v) is 6.02. The summed E-state index contributed by atoms with van der Waals surface area (Å²) in [6.07, 6.45) is 0.941. The van der Waals surface area contributed by atoms with Crippen molar-refractivity contribution < 1.29 is 21.7 Å². The van der Waals surface area contributed by atoms with Crippen LogP contribution in [-0.4, -0.2) is 27.9 Å². The van der Waals surface area contributed by atoms with Gasteiger partial charge in [-0.25, -0.2) is 4.39 Å². The summed E-state index contributed by atoms with van der Waals surface area (Å²) in [6, 6.07) is 5.87. The van der Waals surface area contributed by atoms with E-state index in [9.17, 15) is 12.8 Å². The average Bonchev–Trinajstić information content (AvgIpc) is 2.13. The van der Waals surface area contributed by atoms with E-state index in [1.54, 1.807) is 6.07 Å². The molecule has 0 aliphatic rings. The zero-order valence-electron chi connectivity index (χ0n) is 8.14. The van der Waals surface area contributed by atoms with Crippen LogP contribution in [0.2, 0.25) is 0 Å². The molecule has 0 saturated heterocycles. The molecule has 0 spiro atoms. The molecule has 0 unspecified atom stereocenters. The summed E-state index contributed by atoms with van der Waals surface area (Å²) in [5.41, 5.74) is 0. The lowest BCUT2D eigenvalue weighted by Gasteiger charge is -2.06. The van der Waals surface area contributed by atoms with E-state index >= 15 is 0 Å². The summed E-state index contributed by atoms with van der Waals surface area (Å²) in [4.78, 5) is 0. The van der Waals surface area contributed by atoms with Crippen LogP contribution in [0, 0.1) is 5.82 Å². The molecule has 1 aromatic rings. The van der Waals surface area contributed by atoms with Crippen LogP contribution in [0.15, 0.2) is 24.3 Å². The number of hydrogen-bond donors (Lipinski definition) is 0. The van der Waals surface area contributed by atoms with Crippen LogP contribution in [-0.2, 0) is 14.3 Å². The van der Waals surface area contributed by atoms with E-state index in [1.165, 1.54) is 18.2 Å². The van der Waals surface area contributed by atoms with Crippen molar-refractivity contribution in [2.75, 3.05) is 19.5 Å². The summed E-state index contributed by atoms with van der Waals surface area (Å²) in [5, 5.41) is 0. The molecule has 6 heteroatoms. The van der Waals surface area contributed by atoms with Gasteiger partial charge >= 0.3 is 0 Å². The highest BCUT2D eigenvalue weighted by Gasteiger charge is 2.03. The highest BCUT2D eigenvalue weighted by molar-refractivity contribution is 7.85. The van der Waals surface area contributed by atoms with Crippen molar-refractivity contribution in [1.82, 2.24) is 0 Å². The Labute approximate surface area is 87.8 Å². The third-order valence-electron chi connectivity index (χ3n) is 1.47. The Morgan fingerprint density at radius 2 is 1.93 bits per heavy atom. The van der Waals surface area contributed by atoms with E-state index in [0.717, 1.165) is 6.26 Å². The predicted molar refractivity (Wildman–Crippen MR) is 52.7 cm³/mol. The average molecular weight is 234 g/mol. The van der Waals surface area contributed by atoms with Gasteiger partial charge in [-0.3, -0.25) is 4.18 Å². The van der Waals surface area contributed by atoms with Crippen LogP contribution in [0.1, 0.15) is 0 Å². The van der Waals surface area contributed by atoms with Gasteiger partial charge in [-0.1, -0.05) is 12.1 Å². The van der Waals surface area contributed by atoms with Crippen LogP contribution in [0.25, 0.3) is 0 Å². The van der Waals surface area contributed by atoms with Crippen LogP contribution >= 0.6 is 0 Å². The van der Waals surface area contributed by atoms with Crippen LogP contribution in [0.4, 0.5) is 4.39 Å². The number of hydrogen-bond acceptors (Lipinski definition) is 4. The van der Waals surface area contributed by atoms with Crippen molar-refractivity contribution in [2.45, 2.75) is 0 Å². The second kappa shape index (κ2) is 5.09. The molecule has 4 nitrogen and oxygen atoms in total. The normalized spacial score (nSPS) is 11.3. The molecule has 0 aliphatic carbocycles. The maximum atomic E-state index is 13.0. The third-order valence-corrected chi connectivity index (χ3v) is 2.07. The quantitative estimate of drug-likeness (QED) is 0.567. The molecule has 1 aromatic carbocycles. The van der Waals surface area contributed by atoms with Gasteiger partial charge in [-0.05, 0) is 12.1 Å². The number of para-hydroxylation sites is 1. The largest absolute Gasteiger partial charge is 0.488 e. The lowest BCUT2D eigenvalue weighted by molar-refractivity contribution is 0.216. The first-order chi connectivity index (χ1) is 6.99. The molecule has 0 heterocycles. The van der Waals surface area contributed by atoms with Crippen molar-refractivity contribution >= 4 is 10.1 Å². The summed E-state index contributed by atoms with van der Waals surface area (Å²) >= 11 is 0. The molecule has 0 aliphatic heterocycles. The van der Waals surface area contributed by atoms with Crippen LogP contribution < -0.4 is 4.74 Å². The van der Waals surface area contributed by atoms with Gasteiger partial charge in [-0.15, -0.1) is 0 Å². The topological polar surface area (TPSA) is 52.6 Å². The molecular weight excluding hydrogens is 223 g/mol. The van der Waals surface area contributed by atoms with E-state index in [2.05, 4.69) is 4.18 Å². The van der Waals surface area contributed by atoms with Crippen molar-refractivity contribution in [3.05, 3.63) is 30.1 Å². The third kappa shape index (κ3) is 4.75. The Morgan fingerprint density at radius 3 is 2.53 bits per heavy atom. The molecule has 0 N–H and O–H groups in total. The lowest BCUT2D eigenvalue weighted by Crippen LogP contribution is -2.11. The van der Waals surface area contributed by atoms with Crippen molar-refractivity contribution in [2.24, 2.45) is 0 Å². The van der Waals surface area contributed by atoms with Gasteiger partial charge in [0, 0.05) is 0 Å². The minimum absolute atomic E-state index is 0.0198. The Hall–Kier alpha value is -1.14. The Bertz CT molecular complexity index is 416. The van der Waals surface area contributed by atoms with Crippen LogP contribution in [0.3, 0.4) is 0 Å². The molecule has 0 atom stereocenters. The van der Waals surface area contributed by atoms with E-state index in [-0.39, 0.29) is 19.0 Å². The van der Waals surface area contributed by atoms with Crippen LogP contribution in [0.5, 0.6) is 5.75 Å². The zero-order chi connectivity index (χ0) is 11.3. The Morgan fingerprint density at radius 1 is 1.27 bits per heavy atom. The summed E-state index contributed by atoms with van der Waals surface area (Å²) in [7, 11) is -3.46. The minimum Gasteiger partial charge on any atom is -0.488 e. The molecule has 0 saturated carbocycles. The summed E-state index contributed by atoms with van der Waals surface area (Å²) in [5.74, 6) is -0.411. The first kappa shape index (κ1) is 11.9. The smallest absolute Gasteiger partial charge is 0.264 e.